The fourth-order valence-corrected chi connectivity index (χ4v) is 4.68. The van der Waals surface area contributed by atoms with Crippen molar-refractivity contribution in [2.24, 2.45) is 0 Å². The average molecular weight is 449 g/mol. The van der Waals surface area contributed by atoms with Gasteiger partial charge in [0.05, 0.1) is 43.9 Å². The molecule has 0 radical (unpaired) electrons. The summed E-state index contributed by atoms with van der Waals surface area (Å²) in [5.41, 5.74) is 23.6. The second kappa shape index (κ2) is 7.65. The van der Waals surface area contributed by atoms with E-state index in [4.69, 9.17) is 22.9 Å². The Kier molecular flexibility index (Phi) is 5.37. The monoisotopic (exact) mass is 448 g/mol. The molecule has 158 valence electrons. The van der Waals surface area contributed by atoms with E-state index in [1.54, 1.807) is 0 Å². The Morgan fingerprint density at radius 3 is 1.30 bits per heavy atom. The normalized spacial score (nSPS) is 11.7. The first-order valence-electron chi connectivity index (χ1n) is 8.44. The molecule has 0 saturated carbocycles. The van der Waals surface area contributed by atoms with Crippen molar-refractivity contribution in [3.05, 3.63) is 60.7 Å². The summed E-state index contributed by atoms with van der Waals surface area (Å²) in [5.74, 6) is 0. The molecular formula is C18H20N6O4S2. The Labute approximate surface area is 174 Å². The third kappa shape index (κ3) is 4.50. The summed E-state index contributed by atoms with van der Waals surface area (Å²) < 4.78 is 55.1. The summed E-state index contributed by atoms with van der Waals surface area (Å²) in [4.78, 5) is -0.171. The molecule has 3 aromatic rings. The summed E-state index contributed by atoms with van der Waals surface area (Å²) in [6, 6.07) is 13.6. The molecule has 0 aliphatic rings. The van der Waals surface area contributed by atoms with Crippen molar-refractivity contribution in [3.8, 4) is 0 Å². The lowest BCUT2D eigenvalue weighted by molar-refractivity contribution is 0.600. The molecule has 0 heterocycles. The molecule has 0 spiro atoms. The van der Waals surface area contributed by atoms with E-state index in [2.05, 4.69) is 9.44 Å². The zero-order chi connectivity index (χ0) is 22.1. The van der Waals surface area contributed by atoms with E-state index in [1.807, 2.05) is 0 Å². The van der Waals surface area contributed by atoms with Gasteiger partial charge in [0.15, 0.2) is 0 Å². The molecular weight excluding hydrogens is 428 g/mol. The van der Waals surface area contributed by atoms with Crippen LogP contribution in [-0.4, -0.2) is 16.8 Å². The standard InChI is InChI=1S/C18H20N6O4S2/c19-15-6-4-13(9-17(15)21)29(25,26)23-11-2-1-3-12(8-11)24-30(27,28)14-5-7-16(20)18(22)10-14/h1-10,23-24H,19-22H2. The highest BCUT2D eigenvalue weighted by Crippen LogP contribution is 2.25. The summed E-state index contributed by atoms with van der Waals surface area (Å²) in [6.45, 7) is 0. The minimum absolute atomic E-state index is 0.0856. The van der Waals surface area contributed by atoms with Crippen LogP contribution in [0.25, 0.3) is 0 Å². The molecule has 3 rings (SSSR count). The van der Waals surface area contributed by atoms with Crippen molar-refractivity contribution in [2.45, 2.75) is 9.79 Å². The zero-order valence-electron chi connectivity index (χ0n) is 15.5. The first-order valence-corrected chi connectivity index (χ1v) is 11.4. The quantitative estimate of drug-likeness (QED) is 0.306. The molecule has 10 nitrogen and oxygen atoms in total. The van der Waals surface area contributed by atoms with Gasteiger partial charge in [0.25, 0.3) is 20.0 Å². The Balaban J connectivity index is 1.85. The highest BCUT2D eigenvalue weighted by Gasteiger charge is 2.18. The number of benzene rings is 3. The highest BCUT2D eigenvalue weighted by molar-refractivity contribution is 7.93. The van der Waals surface area contributed by atoms with E-state index in [1.165, 1.54) is 60.7 Å². The molecule has 0 aliphatic heterocycles. The SMILES string of the molecule is Nc1ccc(S(=O)(=O)Nc2cccc(NS(=O)(=O)c3ccc(N)c(N)c3)c2)cc1N. The van der Waals surface area contributed by atoms with Crippen molar-refractivity contribution in [2.75, 3.05) is 32.4 Å². The number of anilines is 6. The number of hydrogen-bond donors (Lipinski definition) is 6. The van der Waals surface area contributed by atoms with Crippen molar-refractivity contribution in [1.82, 2.24) is 0 Å². The zero-order valence-corrected chi connectivity index (χ0v) is 17.2. The van der Waals surface area contributed by atoms with Gasteiger partial charge in [-0.2, -0.15) is 0 Å². The lowest BCUT2D eigenvalue weighted by Crippen LogP contribution is -2.15. The summed E-state index contributed by atoms with van der Waals surface area (Å²) >= 11 is 0. The predicted molar refractivity (Wildman–Crippen MR) is 119 cm³/mol. The number of nitrogens with two attached hydrogens (primary N) is 4. The van der Waals surface area contributed by atoms with Crippen LogP contribution < -0.4 is 32.4 Å². The number of hydrogen-bond acceptors (Lipinski definition) is 8. The van der Waals surface area contributed by atoms with Crippen LogP contribution in [0.1, 0.15) is 0 Å². The lowest BCUT2D eigenvalue weighted by atomic mass is 10.3. The Hall–Kier alpha value is -3.64. The molecule has 0 aromatic heterocycles. The molecule has 12 heteroatoms. The van der Waals surface area contributed by atoms with Crippen LogP contribution in [0.15, 0.2) is 70.5 Å². The van der Waals surface area contributed by atoms with Gasteiger partial charge in [-0.1, -0.05) is 6.07 Å². The third-order valence-corrected chi connectivity index (χ3v) is 6.86. The Bertz CT molecular complexity index is 1230. The smallest absolute Gasteiger partial charge is 0.261 e. The number of sulfonamides is 2. The van der Waals surface area contributed by atoms with Gasteiger partial charge in [0.1, 0.15) is 0 Å². The van der Waals surface area contributed by atoms with Crippen molar-refractivity contribution in [1.29, 1.82) is 0 Å². The fourth-order valence-electron chi connectivity index (χ4n) is 2.51. The molecule has 0 amide bonds. The van der Waals surface area contributed by atoms with Gasteiger partial charge >= 0.3 is 0 Å². The van der Waals surface area contributed by atoms with E-state index >= 15 is 0 Å². The largest absolute Gasteiger partial charge is 0.397 e. The average Bonchev–Trinajstić information content (AvgIpc) is 2.65. The van der Waals surface area contributed by atoms with Crippen LogP contribution in [0, 0.1) is 0 Å². The summed E-state index contributed by atoms with van der Waals surface area (Å²) in [6.07, 6.45) is 0. The van der Waals surface area contributed by atoms with Crippen LogP contribution in [0.2, 0.25) is 0 Å². The van der Waals surface area contributed by atoms with Gasteiger partial charge in [-0.05, 0) is 54.6 Å². The minimum Gasteiger partial charge on any atom is -0.397 e. The Morgan fingerprint density at radius 1 is 0.533 bits per heavy atom. The molecule has 30 heavy (non-hydrogen) atoms. The molecule has 0 atom stereocenters. The fraction of sp³-hybridized carbons (Fsp3) is 0. The minimum atomic E-state index is -3.97. The van der Waals surface area contributed by atoms with E-state index in [-0.39, 0.29) is 43.9 Å². The van der Waals surface area contributed by atoms with E-state index in [0.29, 0.717) is 0 Å². The maximum atomic E-state index is 12.6. The summed E-state index contributed by atoms with van der Waals surface area (Å²) in [5, 5.41) is 0. The van der Waals surface area contributed by atoms with Gasteiger partial charge in [-0.25, -0.2) is 16.8 Å². The first kappa shape index (κ1) is 21.1. The third-order valence-electron chi connectivity index (χ3n) is 4.10. The van der Waals surface area contributed by atoms with Crippen molar-refractivity contribution >= 4 is 54.2 Å². The van der Waals surface area contributed by atoms with E-state index in [9.17, 15) is 16.8 Å². The van der Waals surface area contributed by atoms with Crippen LogP contribution in [0.3, 0.4) is 0 Å². The lowest BCUT2D eigenvalue weighted by Gasteiger charge is -2.12. The van der Waals surface area contributed by atoms with Gasteiger partial charge in [-0.15, -0.1) is 0 Å². The van der Waals surface area contributed by atoms with Crippen LogP contribution >= 0.6 is 0 Å². The second-order valence-electron chi connectivity index (χ2n) is 6.37. The molecule has 0 fully saturated rings. The van der Waals surface area contributed by atoms with Crippen molar-refractivity contribution in [3.63, 3.8) is 0 Å². The number of nitrogens with one attached hydrogen (secondary N) is 2. The molecule has 0 saturated heterocycles. The number of nitrogen functional groups attached to an aromatic ring is 4. The predicted octanol–water partition coefficient (Wildman–Crippen LogP) is 1.62. The summed E-state index contributed by atoms with van der Waals surface area (Å²) in [7, 11) is -7.94. The molecule has 0 unspecified atom stereocenters. The van der Waals surface area contributed by atoms with Crippen LogP contribution in [-0.2, 0) is 20.0 Å². The van der Waals surface area contributed by atoms with Gasteiger partial charge in [0, 0.05) is 0 Å². The van der Waals surface area contributed by atoms with Gasteiger partial charge < -0.3 is 22.9 Å². The first-order chi connectivity index (χ1) is 14.0. The molecule has 3 aromatic carbocycles. The molecule has 0 bridgehead atoms. The van der Waals surface area contributed by atoms with Crippen LogP contribution in [0.5, 0.6) is 0 Å². The topological polar surface area (TPSA) is 196 Å². The Morgan fingerprint density at radius 2 is 0.933 bits per heavy atom. The van der Waals surface area contributed by atoms with Crippen molar-refractivity contribution < 1.29 is 16.8 Å². The van der Waals surface area contributed by atoms with Gasteiger partial charge in [-0.3, -0.25) is 9.44 Å². The maximum absolute atomic E-state index is 12.6. The number of rotatable bonds is 6. The maximum Gasteiger partial charge on any atom is 0.261 e. The molecule has 0 aliphatic carbocycles. The second-order valence-corrected chi connectivity index (χ2v) is 9.74. The van der Waals surface area contributed by atoms with Crippen LogP contribution in [0.4, 0.5) is 34.1 Å². The van der Waals surface area contributed by atoms with Gasteiger partial charge in [0.2, 0.25) is 0 Å². The van der Waals surface area contributed by atoms with E-state index < -0.39 is 20.0 Å². The highest BCUT2D eigenvalue weighted by atomic mass is 32.2. The van der Waals surface area contributed by atoms with E-state index in [0.717, 1.165) is 0 Å². The molecule has 10 N–H and O–H groups in total.